The van der Waals surface area contributed by atoms with E-state index >= 15 is 0 Å². The molecule has 0 radical (unpaired) electrons. The molecule has 0 saturated carbocycles. The molecule has 0 saturated heterocycles. The molecule has 2 rings (SSSR count). The Kier molecular flexibility index (Phi) is 4.83. The Labute approximate surface area is 125 Å². The molecule has 3 nitrogen and oxygen atoms in total. The van der Waals surface area contributed by atoms with Gasteiger partial charge in [0.05, 0.1) is 12.3 Å². The molecule has 96 valence electrons. The number of nitrogens with zero attached hydrogens (tertiary/aromatic N) is 3. The van der Waals surface area contributed by atoms with E-state index in [4.69, 9.17) is 6.42 Å². The Hall–Kier alpha value is -1.51. The van der Waals surface area contributed by atoms with Crippen LogP contribution in [0, 0.1) is 12.3 Å². The van der Waals surface area contributed by atoms with E-state index in [1.165, 1.54) is 11.8 Å². The topological polar surface area (TPSA) is 30.7 Å². The van der Waals surface area contributed by atoms with Gasteiger partial charge in [-0.3, -0.25) is 0 Å². The molecule has 0 aliphatic rings. The van der Waals surface area contributed by atoms with Crippen molar-refractivity contribution in [2.24, 2.45) is 0 Å². The van der Waals surface area contributed by atoms with E-state index < -0.39 is 0 Å². The van der Waals surface area contributed by atoms with Crippen molar-refractivity contribution < 1.29 is 0 Å². The van der Waals surface area contributed by atoms with E-state index in [1.54, 1.807) is 6.08 Å². The van der Waals surface area contributed by atoms with Gasteiger partial charge in [-0.15, -0.1) is 18.1 Å². The lowest BCUT2D eigenvalue weighted by Crippen LogP contribution is -2.00. The third kappa shape index (κ3) is 3.49. The third-order valence-corrected chi connectivity index (χ3v) is 3.61. The summed E-state index contributed by atoms with van der Waals surface area (Å²) in [6.45, 7) is 4.36. The van der Waals surface area contributed by atoms with Crippen LogP contribution in [0.2, 0.25) is 0 Å². The molecule has 1 heterocycles. The first-order valence-corrected chi connectivity index (χ1v) is 7.40. The average Bonchev–Trinajstić information content (AvgIpc) is 2.81. The molecule has 1 aromatic carbocycles. The Balaban J connectivity index is 2.36. The van der Waals surface area contributed by atoms with E-state index in [1.807, 2.05) is 28.9 Å². The number of benzene rings is 1. The minimum Gasteiger partial charge on any atom is -0.241 e. The molecule has 0 unspecified atom stereocenters. The van der Waals surface area contributed by atoms with Gasteiger partial charge in [0, 0.05) is 10.0 Å². The molecule has 0 aliphatic carbocycles. The van der Waals surface area contributed by atoms with Gasteiger partial charge in [-0.2, -0.15) is 0 Å². The van der Waals surface area contributed by atoms with Gasteiger partial charge in [-0.1, -0.05) is 51.8 Å². The monoisotopic (exact) mass is 333 g/mol. The fourth-order valence-corrected chi connectivity index (χ4v) is 2.33. The molecule has 0 N–H and O–H groups in total. The van der Waals surface area contributed by atoms with Crippen molar-refractivity contribution >= 4 is 27.7 Å². The van der Waals surface area contributed by atoms with Crippen molar-refractivity contribution in [2.45, 2.75) is 11.7 Å². The maximum absolute atomic E-state index is 5.25. The van der Waals surface area contributed by atoms with E-state index in [2.05, 4.69) is 38.5 Å². The molecule has 0 amide bonds. The lowest BCUT2D eigenvalue weighted by atomic mass is 10.2. The molecule has 0 atom stereocenters. The van der Waals surface area contributed by atoms with Crippen LogP contribution in [0.1, 0.15) is 0 Å². The van der Waals surface area contributed by atoms with Gasteiger partial charge in [-0.05, 0) is 12.1 Å². The number of hydrogen-bond donors (Lipinski definition) is 0. The highest BCUT2D eigenvalue weighted by molar-refractivity contribution is 9.10. The second kappa shape index (κ2) is 6.60. The molecule has 19 heavy (non-hydrogen) atoms. The molecule has 0 aliphatic heterocycles. The number of rotatable bonds is 5. The van der Waals surface area contributed by atoms with Gasteiger partial charge >= 0.3 is 0 Å². The van der Waals surface area contributed by atoms with E-state index in [0.717, 1.165) is 15.9 Å². The van der Waals surface area contributed by atoms with Gasteiger partial charge in [0.15, 0.2) is 5.82 Å². The summed E-state index contributed by atoms with van der Waals surface area (Å²) in [7, 11) is 0. The SMILES string of the molecule is C#CCSc1nc(-c2ccc(Br)cc2)n(CC=C)n1. The summed E-state index contributed by atoms with van der Waals surface area (Å²) in [4.78, 5) is 4.52. The molecule has 5 heteroatoms. The molecule has 2 aromatic rings. The van der Waals surface area contributed by atoms with Crippen molar-refractivity contribution in [3.63, 3.8) is 0 Å². The van der Waals surface area contributed by atoms with E-state index in [0.29, 0.717) is 17.5 Å². The first kappa shape index (κ1) is 13.9. The van der Waals surface area contributed by atoms with Crippen LogP contribution in [0.5, 0.6) is 0 Å². The largest absolute Gasteiger partial charge is 0.241 e. The third-order valence-electron chi connectivity index (χ3n) is 2.34. The fourth-order valence-electron chi connectivity index (χ4n) is 1.55. The van der Waals surface area contributed by atoms with E-state index in [9.17, 15) is 0 Å². The van der Waals surface area contributed by atoms with E-state index in [-0.39, 0.29) is 0 Å². The molecular weight excluding hydrogens is 322 g/mol. The lowest BCUT2D eigenvalue weighted by molar-refractivity contribution is 0.687. The number of halogens is 1. The fraction of sp³-hybridized carbons (Fsp3) is 0.143. The van der Waals surface area contributed by atoms with Gasteiger partial charge < -0.3 is 0 Å². The first-order chi connectivity index (χ1) is 9.24. The quantitative estimate of drug-likeness (QED) is 0.475. The molecule has 0 bridgehead atoms. The number of thioether (sulfide) groups is 1. The summed E-state index contributed by atoms with van der Waals surface area (Å²) in [5.41, 5.74) is 1.02. The second-order valence-electron chi connectivity index (χ2n) is 3.69. The van der Waals surface area contributed by atoms with Crippen LogP contribution in [0.15, 0.2) is 46.5 Å². The van der Waals surface area contributed by atoms with Crippen LogP contribution in [0.25, 0.3) is 11.4 Å². The zero-order chi connectivity index (χ0) is 13.7. The maximum atomic E-state index is 5.25. The van der Waals surface area contributed by atoms with Crippen LogP contribution < -0.4 is 0 Å². The normalized spacial score (nSPS) is 10.1. The zero-order valence-electron chi connectivity index (χ0n) is 10.2. The number of allylic oxidation sites excluding steroid dienone is 1. The lowest BCUT2D eigenvalue weighted by Gasteiger charge is -2.02. The number of aromatic nitrogens is 3. The van der Waals surface area contributed by atoms with Crippen LogP contribution in [-0.4, -0.2) is 20.5 Å². The standard InChI is InChI=1S/C14H12BrN3S/c1-3-9-18-13(11-5-7-12(15)8-6-11)16-14(17-18)19-10-4-2/h2-3,5-8H,1,9-10H2. The minimum atomic E-state index is 0.567. The van der Waals surface area contributed by atoms with Crippen LogP contribution in [-0.2, 0) is 6.54 Å². The molecule has 0 spiro atoms. The highest BCUT2D eigenvalue weighted by atomic mass is 79.9. The summed E-state index contributed by atoms with van der Waals surface area (Å²) < 4.78 is 2.86. The summed E-state index contributed by atoms with van der Waals surface area (Å²) >= 11 is 4.88. The summed E-state index contributed by atoms with van der Waals surface area (Å²) in [6, 6.07) is 7.97. The second-order valence-corrected chi connectivity index (χ2v) is 5.55. The van der Waals surface area contributed by atoms with Crippen molar-refractivity contribution in [2.75, 3.05) is 5.75 Å². The van der Waals surface area contributed by atoms with Crippen molar-refractivity contribution in [1.29, 1.82) is 0 Å². The number of terminal acetylenes is 1. The highest BCUT2D eigenvalue weighted by Gasteiger charge is 2.11. The van der Waals surface area contributed by atoms with Gasteiger partial charge in [0.2, 0.25) is 5.16 Å². The summed E-state index contributed by atoms with van der Waals surface area (Å²) in [5.74, 6) is 3.96. The van der Waals surface area contributed by atoms with Gasteiger partial charge in [0.25, 0.3) is 0 Å². The van der Waals surface area contributed by atoms with Crippen molar-refractivity contribution in [3.05, 3.63) is 41.4 Å². The van der Waals surface area contributed by atoms with Crippen LogP contribution >= 0.6 is 27.7 Å². The predicted molar refractivity (Wildman–Crippen MR) is 82.9 cm³/mol. The predicted octanol–water partition coefficient (Wildman–Crippen LogP) is 3.62. The minimum absolute atomic E-state index is 0.567. The maximum Gasteiger partial charge on any atom is 0.209 e. The number of hydrogen-bond acceptors (Lipinski definition) is 3. The Morgan fingerprint density at radius 1 is 1.42 bits per heavy atom. The molecular formula is C14H12BrN3S. The van der Waals surface area contributed by atoms with Crippen molar-refractivity contribution in [3.8, 4) is 23.7 Å². The van der Waals surface area contributed by atoms with Crippen molar-refractivity contribution in [1.82, 2.24) is 14.8 Å². The zero-order valence-corrected chi connectivity index (χ0v) is 12.6. The average molecular weight is 334 g/mol. The Morgan fingerprint density at radius 3 is 2.79 bits per heavy atom. The highest BCUT2D eigenvalue weighted by Crippen LogP contribution is 2.23. The molecule has 0 fully saturated rings. The Bertz CT molecular complexity index is 611. The Morgan fingerprint density at radius 2 is 2.16 bits per heavy atom. The van der Waals surface area contributed by atoms with Crippen LogP contribution in [0.4, 0.5) is 0 Å². The van der Waals surface area contributed by atoms with Gasteiger partial charge in [0.1, 0.15) is 0 Å². The first-order valence-electron chi connectivity index (χ1n) is 5.62. The smallest absolute Gasteiger partial charge is 0.209 e. The summed E-state index contributed by atoms with van der Waals surface area (Å²) in [6.07, 6.45) is 7.05. The molecule has 1 aromatic heterocycles. The van der Waals surface area contributed by atoms with Crippen LogP contribution in [0.3, 0.4) is 0 Å². The summed E-state index contributed by atoms with van der Waals surface area (Å²) in [5, 5.41) is 5.12. The van der Waals surface area contributed by atoms with Gasteiger partial charge in [-0.25, -0.2) is 9.67 Å².